The molecule has 1 atom stereocenters. The lowest BCUT2D eigenvalue weighted by atomic mass is 9.96. The quantitative estimate of drug-likeness (QED) is 0.788. The van der Waals surface area contributed by atoms with Gasteiger partial charge in [0.25, 0.3) is 0 Å². The van der Waals surface area contributed by atoms with Crippen LogP contribution in [0.3, 0.4) is 0 Å². The van der Waals surface area contributed by atoms with Crippen LogP contribution in [0.25, 0.3) is 0 Å². The van der Waals surface area contributed by atoms with Crippen LogP contribution in [0.4, 0.5) is 0 Å². The zero-order valence-corrected chi connectivity index (χ0v) is 11.0. The first-order chi connectivity index (χ1) is 9.04. The zero-order valence-electron chi connectivity index (χ0n) is 11.0. The molecule has 0 fully saturated rings. The third kappa shape index (κ3) is 2.59. The molecule has 0 amide bonds. The van der Waals surface area contributed by atoms with E-state index in [0.29, 0.717) is 22.4 Å². The monoisotopic (exact) mass is 259 g/mol. The van der Waals surface area contributed by atoms with Crippen molar-refractivity contribution in [1.29, 1.82) is 0 Å². The molecule has 1 heterocycles. The van der Waals surface area contributed by atoms with E-state index in [2.05, 4.69) is 4.98 Å². The lowest BCUT2D eigenvalue weighted by Crippen LogP contribution is -2.06. The Kier molecular flexibility index (Phi) is 3.83. The van der Waals surface area contributed by atoms with Gasteiger partial charge in [-0.1, -0.05) is 29.8 Å². The van der Waals surface area contributed by atoms with E-state index >= 15 is 0 Å². The molecule has 0 saturated heterocycles. The summed E-state index contributed by atoms with van der Waals surface area (Å²) in [6, 6.07) is 7.39. The summed E-state index contributed by atoms with van der Waals surface area (Å²) in [6.45, 7) is 3.34. The maximum Gasteiger partial charge on any atom is 0.143 e. The SMILES string of the molecule is Cc1ccc(C(O)c2c(CO)cnc(C)c2O)cc1. The van der Waals surface area contributed by atoms with Crippen molar-refractivity contribution in [2.45, 2.75) is 26.6 Å². The molecule has 0 radical (unpaired) electrons. The Hall–Kier alpha value is -1.91. The molecule has 19 heavy (non-hydrogen) atoms. The van der Waals surface area contributed by atoms with E-state index in [1.165, 1.54) is 6.20 Å². The molecule has 3 N–H and O–H groups in total. The van der Waals surface area contributed by atoms with E-state index < -0.39 is 6.10 Å². The van der Waals surface area contributed by atoms with Gasteiger partial charge < -0.3 is 15.3 Å². The van der Waals surface area contributed by atoms with Crippen molar-refractivity contribution < 1.29 is 15.3 Å². The number of aromatic hydroxyl groups is 1. The first-order valence-corrected chi connectivity index (χ1v) is 6.07. The van der Waals surface area contributed by atoms with Gasteiger partial charge in [-0.05, 0) is 19.4 Å². The largest absolute Gasteiger partial charge is 0.506 e. The number of aryl methyl sites for hydroxylation is 2. The predicted octanol–water partition coefficient (Wildman–Crippen LogP) is 1.98. The van der Waals surface area contributed by atoms with Crippen LogP contribution >= 0.6 is 0 Å². The van der Waals surface area contributed by atoms with Gasteiger partial charge in [-0.2, -0.15) is 0 Å². The van der Waals surface area contributed by atoms with E-state index in [0.717, 1.165) is 5.56 Å². The summed E-state index contributed by atoms with van der Waals surface area (Å²) < 4.78 is 0. The molecular formula is C15H17NO3. The third-order valence-corrected chi connectivity index (χ3v) is 3.19. The van der Waals surface area contributed by atoms with E-state index in [1.807, 2.05) is 19.1 Å². The second kappa shape index (κ2) is 5.38. The summed E-state index contributed by atoms with van der Waals surface area (Å²) in [5.41, 5.74) is 2.93. The van der Waals surface area contributed by atoms with Crippen molar-refractivity contribution in [3.63, 3.8) is 0 Å². The van der Waals surface area contributed by atoms with Crippen LogP contribution in [0.1, 0.15) is 34.1 Å². The minimum absolute atomic E-state index is 0.0698. The number of nitrogens with zero attached hydrogens (tertiary/aromatic N) is 1. The van der Waals surface area contributed by atoms with Crippen LogP contribution in [-0.4, -0.2) is 20.3 Å². The molecule has 1 unspecified atom stereocenters. The fourth-order valence-corrected chi connectivity index (χ4v) is 2.00. The summed E-state index contributed by atoms with van der Waals surface area (Å²) in [5, 5.41) is 29.8. The first-order valence-electron chi connectivity index (χ1n) is 6.07. The normalized spacial score (nSPS) is 12.4. The molecule has 1 aromatic heterocycles. The van der Waals surface area contributed by atoms with Crippen molar-refractivity contribution in [1.82, 2.24) is 4.98 Å². The summed E-state index contributed by atoms with van der Waals surface area (Å²) in [4.78, 5) is 3.98. The number of hydrogen-bond acceptors (Lipinski definition) is 4. The minimum Gasteiger partial charge on any atom is -0.506 e. The Morgan fingerprint density at radius 1 is 1.16 bits per heavy atom. The molecule has 0 bridgehead atoms. The molecule has 100 valence electrons. The highest BCUT2D eigenvalue weighted by molar-refractivity contribution is 5.46. The molecule has 0 aliphatic rings. The molecule has 0 saturated carbocycles. The van der Waals surface area contributed by atoms with Gasteiger partial charge in [0.1, 0.15) is 11.9 Å². The van der Waals surface area contributed by atoms with Gasteiger partial charge in [0.05, 0.1) is 12.3 Å². The van der Waals surface area contributed by atoms with Crippen LogP contribution in [0, 0.1) is 13.8 Å². The fourth-order valence-electron chi connectivity index (χ4n) is 2.00. The van der Waals surface area contributed by atoms with Gasteiger partial charge in [-0.25, -0.2) is 0 Å². The molecule has 2 aromatic rings. The van der Waals surface area contributed by atoms with Crippen LogP contribution in [-0.2, 0) is 6.61 Å². The van der Waals surface area contributed by atoms with Gasteiger partial charge in [0, 0.05) is 17.3 Å². The molecule has 0 aliphatic heterocycles. The highest BCUT2D eigenvalue weighted by atomic mass is 16.3. The van der Waals surface area contributed by atoms with Gasteiger partial charge >= 0.3 is 0 Å². The number of aliphatic hydroxyl groups excluding tert-OH is 2. The van der Waals surface area contributed by atoms with E-state index in [1.54, 1.807) is 19.1 Å². The second-order valence-corrected chi connectivity index (χ2v) is 4.60. The van der Waals surface area contributed by atoms with Crippen LogP contribution in [0.2, 0.25) is 0 Å². The van der Waals surface area contributed by atoms with Crippen molar-refractivity contribution in [2.75, 3.05) is 0 Å². The summed E-state index contributed by atoms with van der Waals surface area (Å²) >= 11 is 0. The van der Waals surface area contributed by atoms with E-state index in [4.69, 9.17) is 0 Å². The lowest BCUT2D eigenvalue weighted by Gasteiger charge is -2.17. The Bertz CT molecular complexity index is 579. The van der Waals surface area contributed by atoms with Crippen LogP contribution in [0.5, 0.6) is 5.75 Å². The van der Waals surface area contributed by atoms with E-state index in [-0.39, 0.29) is 12.4 Å². The molecule has 0 spiro atoms. The standard InChI is InChI=1S/C15H17NO3/c1-9-3-5-11(6-4-9)15(19)13-12(8-17)7-16-10(2)14(13)18/h3-7,15,17-19H,8H2,1-2H3. The van der Waals surface area contributed by atoms with E-state index in [9.17, 15) is 15.3 Å². The maximum atomic E-state index is 10.4. The predicted molar refractivity (Wildman–Crippen MR) is 71.8 cm³/mol. The Balaban J connectivity index is 2.51. The highest BCUT2D eigenvalue weighted by Crippen LogP contribution is 2.33. The molecule has 1 aromatic carbocycles. The van der Waals surface area contributed by atoms with Gasteiger partial charge in [-0.15, -0.1) is 0 Å². The molecule has 4 nitrogen and oxygen atoms in total. The summed E-state index contributed by atoms with van der Waals surface area (Å²) in [6.07, 6.45) is 0.492. The Morgan fingerprint density at radius 3 is 2.37 bits per heavy atom. The minimum atomic E-state index is -0.982. The third-order valence-electron chi connectivity index (χ3n) is 3.19. The van der Waals surface area contributed by atoms with Gasteiger partial charge in [-0.3, -0.25) is 4.98 Å². The Labute approximate surface area is 112 Å². The van der Waals surface area contributed by atoms with Crippen LogP contribution in [0.15, 0.2) is 30.5 Å². The van der Waals surface area contributed by atoms with Gasteiger partial charge in [0.2, 0.25) is 0 Å². The van der Waals surface area contributed by atoms with Crippen molar-refractivity contribution in [3.8, 4) is 5.75 Å². The van der Waals surface area contributed by atoms with Crippen molar-refractivity contribution in [3.05, 3.63) is 58.4 Å². The topological polar surface area (TPSA) is 73.6 Å². The first kappa shape index (κ1) is 13.5. The Morgan fingerprint density at radius 2 is 1.79 bits per heavy atom. The molecular weight excluding hydrogens is 242 g/mol. The second-order valence-electron chi connectivity index (χ2n) is 4.60. The average molecular weight is 259 g/mol. The molecule has 4 heteroatoms. The maximum absolute atomic E-state index is 10.4. The molecule has 2 rings (SSSR count). The smallest absolute Gasteiger partial charge is 0.143 e. The van der Waals surface area contributed by atoms with Gasteiger partial charge in [0.15, 0.2) is 0 Å². The number of aromatic nitrogens is 1. The summed E-state index contributed by atoms with van der Waals surface area (Å²) in [7, 11) is 0. The lowest BCUT2D eigenvalue weighted by molar-refractivity contribution is 0.207. The highest BCUT2D eigenvalue weighted by Gasteiger charge is 2.20. The molecule has 0 aliphatic carbocycles. The number of aliphatic hydroxyl groups is 2. The number of hydrogen-bond donors (Lipinski definition) is 3. The number of rotatable bonds is 3. The summed E-state index contributed by atoms with van der Waals surface area (Å²) in [5.74, 6) is -0.0698. The zero-order chi connectivity index (χ0) is 14.0. The number of benzene rings is 1. The van der Waals surface area contributed by atoms with Crippen molar-refractivity contribution in [2.24, 2.45) is 0 Å². The van der Waals surface area contributed by atoms with Crippen molar-refractivity contribution >= 4 is 0 Å². The average Bonchev–Trinajstić information content (AvgIpc) is 2.42. The fraction of sp³-hybridized carbons (Fsp3) is 0.267. The van der Waals surface area contributed by atoms with Crippen LogP contribution < -0.4 is 0 Å². The number of pyridine rings is 1.